The van der Waals surface area contributed by atoms with Gasteiger partial charge in [0.05, 0.1) is 6.61 Å². The monoisotopic (exact) mass is 221 g/mol. The van der Waals surface area contributed by atoms with Gasteiger partial charge in [0, 0.05) is 12.7 Å². The van der Waals surface area contributed by atoms with Gasteiger partial charge < -0.3 is 15.6 Å². The predicted molar refractivity (Wildman–Crippen MR) is 54.2 cm³/mol. The van der Waals surface area contributed by atoms with Crippen molar-refractivity contribution in [2.75, 3.05) is 18.1 Å². The lowest BCUT2D eigenvalue weighted by Crippen LogP contribution is -2.32. The minimum absolute atomic E-state index is 0.294. The quantitative estimate of drug-likeness (QED) is 0.467. The fourth-order valence-corrected chi connectivity index (χ4v) is 1.54. The van der Waals surface area contributed by atoms with Gasteiger partial charge in [0.2, 0.25) is 0 Å². The van der Waals surface area contributed by atoms with Crippen molar-refractivity contribution in [3.8, 4) is 0 Å². The first-order valence-corrected chi connectivity index (χ1v) is 5.39. The molecule has 0 rings (SSSR count). The Balaban J connectivity index is 3.21. The molecule has 0 spiro atoms. The maximum absolute atomic E-state index is 10.3. The van der Waals surface area contributed by atoms with Crippen molar-refractivity contribution < 1.29 is 19.4 Å². The lowest BCUT2D eigenvalue weighted by molar-refractivity contribution is -0.141. The number of rotatable bonds is 7. The van der Waals surface area contributed by atoms with E-state index in [1.54, 1.807) is 0 Å². The molecule has 5 nitrogen and oxygen atoms in total. The number of carboxylic acids is 1. The van der Waals surface area contributed by atoms with Gasteiger partial charge in [-0.05, 0) is 12.2 Å². The first kappa shape index (κ1) is 13.2. The van der Waals surface area contributed by atoms with Crippen LogP contribution in [0.1, 0.15) is 13.3 Å². The van der Waals surface area contributed by atoms with Crippen molar-refractivity contribution in [3.63, 3.8) is 0 Å². The Bertz CT molecular complexity index is 198. The van der Waals surface area contributed by atoms with Crippen LogP contribution in [-0.2, 0) is 14.3 Å². The Morgan fingerprint density at radius 2 is 2.21 bits per heavy atom. The average molecular weight is 221 g/mol. The first-order chi connectivity index (χ1) is 6.54. The lowest BCUT2D eigenvalue weighted by Gasteiger charge is -2.05. The number of hydrogen-bond donors (Lipinski definition) is 2. The molecule has 1 atom stereocenters. The van der Waals surface area contributed by atoms with Crippen molar-refractivity contribution in [1.82, 2.24) is 0 Å². The highest BCUT2D eigenvalue weighted by atomic mass is 32.2. The zero-order valence-corrected chi connectivity index (χ0v) is 8.88. The van der Waals surface area contributed by atoms with Gasteiger partial charge in [-0.2, -0.15) is 11.8 Å². The van der Waals surface area contributed by atoms with Gasteiger partial charge in [0.25, 0.3) is 0 Å². The van der Waals surface area contributed by atoms with E-state index < -0.39 is 12.0 Å². The van der Waals surface area contributed by atoms with Crippen molar-refractivity contribution in [3.05, 3.63) is 0 Å². The van der Waals surface area contributed by atoms with Crippen LogP contribution in [0.15, 0.2) is 0 Å². The molecule has 0 aromatic heterocycles. The van der Waals surface area contributed by atoms with Gasteiger partial charge in [0.1, 0.15) is 6.04 Å². The second-order valence-corrected chi connectivity index (χ2v) is 3.86. The standard InChI is InChI=1S/C8H15NO4S/c1-6(10)13-3-2-4-14-5-7(9)8(11)12/h7H,2-5,9H2,1H3,(H,11,12)/t7-/m0/s1. The molecule has 0 amide bonds. The summed E-state index contributed by atoms with van der Waals surface area (Å²) in [6.07, 6.45) is 0.719. The molecule has 0 aliphatic rings. The smallest absolute Gasteiger partial charge is 0.321 e. The number of carboxylic acid groups (broad SMARTS) is 1. The minimum Gasteiger partial charge on any atom is -0.480 e. The fraction of sp³-hybridized carbons (Fsp3) is 0.750. The molecule has 0 saturated carbocycles. The van der Waals surface area contributed by atoms with Crippen LogP contribution in [0.4, 0.5) is 0 Å². The van der Waals surface area contributed by atoms with E-state index in [2.05, 4.69) is 0 Å². The van der Waals surface area contributed by atoms with Crippen LogP contribution in [0.25, 0.3) is 0 Å². The number of esters is 1. The molecular formula is C8H15NO4S. The first-order valence-electron chi connectivity index (χ1n) is 4.23. The van der Waals surface area contributed by atoms with Gasteiger partial charge in [-0.15, -0.1) is 0 Å². The Labute approximate surface area is 87.0 Å². The van der Waals surface area contributed by atoms with E-state index in [0.717, 1.165) is 12.2 Å². The zero-order valence-electron chi connectivity index (χ0n) is 8.06. The normalized spacial score (nSPS) is 12.1. The van der Waals surface area contributed by atoms with E-state index in [9.17, 15) is 9.59 Å². The summed E-state index contributed by atoms with van der Waals surface area (Å²) in [7, 11) is 0. The van der Waals surface area contributed by atoms with E-state index in [0.29, 0.717) is 12.4 Å². The van der Waals surface area contributed by atoms with E-state index in [1.165, 1.54) is 18.7 Å². The minimum atomic E-state index is -0.988. The molecule has 0 bridgehead atoms. The summed E-state index contributed by atoms with van der Waals surface area (Å²) in [6.45, 7) is 1.73. The van der Waals surface area contributed by atoms with Crippen LogP contribution in [-0.4, -0.2) is 41.2 Å². The molecule has 0 aliphatic heterocycles. The molecule has 0 radical (unpaired) electrons. The Morgan fingerprint density at radius 3 is 2.71 bits per heavy atom. The van der Waals surface area contributed by atoms with Crippen LogP contribution in [0.3, 0.4) is 0 Å². The number of carbonyl (C=O) groups excluding carboxylic acids is 1. The Morgan fingerprint density at radius 1 is 1.57 bits per heavy atom. The molecule has 0 heterocycles. The van der Waals surface area contributed by atoms with Crippen LogP contribution in [0.2, 0.25) is 0 Å². The molecule has 3 N–H and O–H groups in total. The molecule has 0 saturated heterocycles. The summed E-state index contributed by atoms with van der Waals surface area (Å²) >= 11 is 1.44. The summed E-state index contributed by atoms with van der Waals surface area (Å²) in [6, 6.07) is -0.811. The summed E-state index contributed by atoms with van der Waals surface area (Å²) in [5.41, 5.74) is 5.27. The van der Waals surface area contributed by atoms with Gasteiger partial charge >= 0.3 is 11.9 Å². The Hall–Kier alpha value is -0.750. The number of ether oxygens (including phenoxy) is 1. The lowest BCUT2D eigenvalue weighted by atomic mass is 10.4. The summed E-state index contributed by atoms with van der Waals surface area (Å²) in [5, 5.41) is 8.45. The van der Waals surface area contributed by atoms with Crippen molar-refractivity contribution >= 4 is 23.7 Å². The van der Waals surface area contributed by atoms with Crippen molar-refractivity contribution in [2.24, 2.45) is 5.73 Å². The molecule has 0 fully saturated rings. The molecular weight excluding hydrogens is 206 g/mol. The SMILES string of the molecule is CC(=O)OCCCSC[C@H](N)C(=O)O. The fourth-order valence-electron chi connectivity index (χ4n) is 0.658. The highest BCUT2D eigenvalue weighted by molar-refractivity contribution is 7.99. The Kier molecular flexibility index (Phi) is 7.23. The topological polar surface area (TPSA) is 89.6 Å². The summed E-state index contributed by atoms with van der Waals surface area (Å²) in [4.78, 5) is 20.6. The number of nitrogens with two attached hydrogens (primary N) is 1. The summed E-state index contributed by atoms with van der Waals surface area (Å²) < 4.78 is 4.70. The maximum atomic E-state index is 10.3. The third kappa shape index (κ3) is 7.88. The zero-order chi connectivity index (χ0) is 11.0. The molecule has 0 aliphatic carbocycles. The van der Waals surface area contributed by atoms with Crippen LogP contribution >= 0.6 is 11.8 Å². The maximum Gasteiger partial charge on any atom is 0.321 e. The van der Waals surface area contributed by atoms with Gasteiger partial charge in [0.15, 0.2) is 0 Å². The van der Waals surface area contributed by atoms with Gasteiger partial charge in [-0.3, -0.25) is 9.59 Å². The van der Waals surface area contributed by atoms with E-state index in [-0.39, 0.29) is 5.97 Å². The van der Waals surface area contributed by atoms with Crippen LogP contribution < -0.4 is 5.73 Å². The number of aliphatic carboxylic acids is 1. The second-order valence-electron chi connectivity index (χ2n) is 2.71. The van der Waals surface area contributed by atoms with Crippen molar-refractivity contribution in [2.45, 2.75) is 19.4 Å². The highest BCUT2D eigenvalue weighted by Crippen LogP contribution is 2.04. The summed E-state index contributed by atoms with van der Waals surface area (Å²) in [5.74, 6) is -0.154. The molecule has 82 valence electrons. The number of carbonyl (C=O) groups is 2. The molecule has 0 unspecified atom stereocenters. The highest BCUT2D eigenvalue weighted by Gasteiger charge is 2.10. The van der Waals surface area contributed by atoms with E-state index in [4.69, 9.17) is 15.6 Å². The third-order valence-corrected chi connectivity index (χ3v) is 2.53. The van der Waals surface area contributed by atoms with Crippen LogP contribution in [0.5, 0.6) is 0 Å². The van der Waals surface area contributed by atoms with Gasteiger partial charge in [-0.1, -0.05) is 0 Å². The molecule has 14 heavy (non-hydrogen) atoms. The second kappa shape index (κ2) is 7.64. The van der Waals surface area contributed by atoms with E-state index in [1.807, 2.05) is 0 Å². The molecule has 6 heteroatoms. The number of hydrogen-bond acceptors (Lipinski definition) is 5. The average Bonchev–Trinajstić information content (AvgIpc) is 2.09. The third-order valence-electron chi connectivity index (χ3n) is 1.35. The van der Waals surface area contributed by atoms with Crippen LogP contribution in [0, 0.1) is 0 Å². The number of thioether (sulfide) groups is 1. The molecule has 0 aromatic carbocycles. The predicted octanol–water partition coefficient (Wildman–Crippen LogP) is 0.0847. The molecule has 0 aromatic rings. The van der Waals surface area contributed by atoms with Gasteiger partial charge in [-0.25, -0.2) is 0 Å². The van der Waals surface area contributed by atoms with E-state index >= 15 is 0 Å². The van der Waals surface area contributed by atoms with Crippen molar-refractivity contribution in [1.29, 1.82) is 0 Å². The largest absolute Gasteiger partial charge is 0.480 e.